The van der Waals surface area contributed by atoms with E-state index in [1.54, 1.807) is 0 Å². The van der Waals surface area contributed by atoms with Gasteiger partial charge in [0.05, 0.1) is 0 Å². The molecule has 0 aliphatic carbocycles. The fourth-order valence-electron chi connectivity index (χ4n) is 1.91. The van der Waals surface area contributed by atoms with Crippen LogP contribution >= 0.6 is 12.4 Å². The topological polar surface area (TPSA) is 29.3 Å². The van der Waals surface area contributed by atoms with E-state index in [-0.39, 0.29) is 12.4 Å². The van der Waals surface area contributed by atoms with Crippen molar-refractivity contribution < 1.29 is 0 Å². The summed E-state index contributed by atoms with van der Waals surface area (Å²) in [5.41, 5.74) is 6.08. The maximum Gasteiger partial charge on any atom is 0.00334 e. The van der Waals surface area contributed by atoms with Gasteiger partial charge in [0.2, 0.25) is 0 Å². The lowest BCUT2D eigenvalue weighted by Crippen LogP contribution is -2.28. The van der Waals surface area contributed by atoms with Crippen molar-refractivity contribution in [1.82, 2.24) is 4.90 Å². The van der Waals surface area contributed by atoms with Crippen molar-refractivity contribution in [3.05, 3.63) is 0 Å². The van der Waals surface area contributed by atoms with Crippen LogP contribution in [0.15, 0.2) is 0 Å². The second-order valence-electron chi connectivity index (χ2n) is 4.12. The van der Waals surface area contributed by atoms with Crippen molar-refractivity contribution in [3.8, 4) is 0 Å². The molecule has 0 spiro atoms. The van der Waals surface area contributed by atoms with Gasteiger partial charge in [0.15, 0.2) is 0 Å². The summed E-state index contributed by atoms with van der Waals surface area (Å²) in [6.45, 7) is 7.79. The summed E-state index contributed by atoms with van der Waals surface area (Å²) < 4.78 is 0. The average Bonchev–Trinajstić information content (AvgIpc) is 2.04. The van der Waals surface area contributed by atoms with Crippen LogP contribution in [0.5, 0.6) is 0 Å². The van der Waals surface area contributed by atoms with Crippen molar-refractivity contribution >= 4 is 12.4 Å². The molecule has 1 rings (SSSR count). The molecule has 0 amide bonds. The summed E-state index contributed by atoms with van der Waals surface area (Å²) in [5, 5.41) is 0. The van der Waals surface area contributed by atoms with Crippen LogP contribution in [0, 0.1) is 11.3 Å². The van der Waals surface area contributed by atoms with E-state index in [0.29, 0.717) is 11.3 Å². The van der Waals surface area contributed by atoms with Crippen molar-refractivity contribution in [3.63, 3.8) is 0 Å². The number of hydrogen-bond acceptors (Lipinski definition) is 2. The molecule has 2 nitrogen and oxygen atoms in total. The maximum atomic E-state index is 5.64. The Bertz CT molecular complexity index is 125. The Morgan fingerprint density at radius 1 is 1.55 bits per heavy atom. The molecule has 1 heterocycles. The number of rotatable bonds is 1. The van der Waals surface area contributed by atoms with Crippen molar-refractivity contribution in [2.45, 2.75) is 13.8 Å². The molecule has 1 unspecified atom stereocenters. The maximum absolute atomic E-state index is 5.64. The quantitative estimate of drug-likeness (QED) is 0.648. The van der Waals surface area contributed by atoms with Crippen molar-refractivity contribution in [1.29, 1.82) is 0 Å². The highest BCUT2D eigenvalue weighted by Gasteiger charge is 2.36. The van der Waals surface area contributed by atoms with Crippen LogP contribution in [0.25, 0.3) is 0 Å². The Balaban J connectivity index is 0.000001000. The van der Waals surface area contributed by atoms with Gasteiger partial charge in [-0.25, -0.2) is 0 Å². The predicted octanol–water partition coefficient (Wildman–Crippen LogP) is 0.955. The molecule has 0 bridgehead atoms. The monoisotopic (exact) mass is 178 g/mol. The molecule has 0 aromatic heterocycles. The van der Waals surface area contributed by atoms with Gasteiger partial charge in [0, 0.05) is 13.1 Å². The normalized spacial score (nSPS) is 30.0. The standard InChI is InChI=1S/C8H18N2.ClH/c1-8(2)6-10(3)5-7(8)4-9;/h7H,4-6,9H2,1-3H3;1H. The first-order valence-electron chi connectivity index (χ1n) is 3.95. The van der Waals surface area contributed by atoms with Crippen LogP contribution in [0.1, 0.15) is 13.8 Å². The molecule has 0 aromatic carbocycles. The number of nitrogens with two attached hydrogens (primary N) is 1. The van der Waals surface area contributed by atoms with Crippen LogP contribution in [0.2, 0.25) is 0 Å². The summed E-state index contributed by atoms with van der Waals surface area (Å²) in [6, 6.07) is 0. The predicted molar refractivity (Wildman–Crippen MR) is 51.1 cm³/mol. The third-order valence-electron chi connectivity index (χ3n) is 2.60. The SMILES string of the molecule is CN1CC(CN)C(C)(C)C1.Cl. The second-order valence-corrected chi connectivity index (χ2v) is 4.12. The van der Waals surface area contributed by atoms with Gasteiger partial charge in [0.1, 0.15) is 0 Å². The third-order valence-corrected chi connectivity index (χ3v) is 2.60. The largest absolute Gasteiger partial charge is 0.330 e. The van der Waals surface area contributed by atoms with E-state index in [4.69, 9.17) is 5.73 Å². The Labute approximate surface area is 75.5 Å². The smallest absolute Gasteiger partial charge is 0.00334 e. The minimum absolute atomic E-state index is 0. The van der Waals surface area contributed by atoms with Gasteiger partial charge in [-0.1, -0.05) is 13.8 Å². The van der Waals surface area contributed by atoms with Gasteiger partial charge in [-0.05, 0) is 24.9 Å². The molecule has 11 heavy (non-hydrogen) atoms. The average molecular weight is 179 g/mol. The lowest BCUT2D eigenvalue weighted by atomic mass is 9.82. The van der Waals surface area contributed by atoms with E-state index < -0.39 is 0 Å². The Morgan fingerprint density at radius 2 is 2.09 bits per heavy atom. The summed E-state index contributed by atoms with van der Waals surface area (Å²) in [5.74, 6) is 0.692. The first-order chi connectivity index (χ1) is 4.56. The van der Waals surface area contributed by atoms with E-state index in [2.05, 4.69) is 25.8 Å². The molecule has 2 N–H and O–H groups in total. The first kappa shape index (κ1) is 11.2. The zero-order valence-electron chi connectivity index (χ0n) is 7.63. The van der Waals surface area contributed by atoms with E-state index in [1.165, 1.54) is 13.1 Å². The van der Waals surface area contributed by atoms with E-state index in [0.717, 1.165) is 6.54 Å². The molecule has 1 aliphatic rings. The molecule has 68 valence electrons. The molecular formula is C8H19ClN2. The lowest BCUT2D eigenvalue weighted by Gasteiger charge is -2.23. The molecule has 3 heteroatoms. The van der Waals surface area contributed by atoms with Gasteiger partial charge in [0.25, 0.3) is 0 Å². The first-order valence-corrected chi connectivity index (χ1v) is 3.95. The molecular weight excluding hydrogens is 160 g/mol. The molecule has 0 saturated carbocycles. The molecule has 1 aliphatic heterocycles. The highest BCUT2D eigenvalue weighted by molar-refractivity contribution is 5.85. The molecule has 1 fully saturated rings. The molecule has 0 aromatic rings. The molecule has 1 saturated heterocycles. The van der Waals surface area contributed by atoms with E-state index in [9.17, 15) is 0 Å². The van der Waals surface area contributed by atoms with E-state index >= 15 is 0 Å². The molecule has 0 radical (unpaired) electrons. The van der Waals surface area contributed by atoms with Gasteiger partial charge in [-0.3, -0.25) is 0 Å². The van der Waals surface area contributed by atoms with Gasteiger partial charge >= 0.3 is 0 Å². The fraction of sp³-hybridized carbons (Fsp3) is 1.00. The molecule has 1 atom stereocenters. The van der Waals surface area contributed by atoms with Crippen LogP contribution in [0.4, 0.5) is 0 Å². The Morgan fingerprint density at radius 3 is 2.27 bits per heavy atom. The zero-order chi connectivity index (χ0) is 7.78. The van der Waals surface area contributed by atoms with Crippen LogP contribution in [0.3, 0.4) is 0 Å². The minimum atomic E-state index is 0. The number of nitrogens with zero attached hydrogens (tertiary/aromatic N) is 1. The van der Waals surface area contributed by atoms with Crippen molar-refractivity contribution in [2.75, 3.05) is 26.7 Å². The zero-order valence-corrected chi connectivity index (χ0v) is 8.45. The van der Waals surface area contributed by atoms with Crippen LogP contribution < -0.4 is 5.73 Å². The van der Waals surface area contributed by atoms with Crippen molar-refractivity contribution in [2.24, 2.45) is 17.1 Å². The minimum Gasteiger partial charge on any atom is -0.330 e. The summed E-state index contributed by atoms with van der Waals surface area (Å²) in [4.78, 5) is 2.36. The van der Waals surface area contributed by atoms with Crippen LogP contribution in [-0.2, 0) is 0 Å². The highest BCUT2D eigenvalue weighted by atomic mass is 35.5. The Hall–Kier alpha value is 0.210. The van der Waals surface area contributed by atoms with Gasteiger partial charge in [-0.2, -0.15) is 0 Å². The summed E-state index contributed by atoms with van der Waals surface area (Å²) in [6.07, 6.45) is 0. The summed E-state index contributed by atoms with van der Waals surface area (Å²) in [7, 11) is 2.16. The third kappa shape index (κ3) is 2.32. The van der Waals surface area contributed by atoms with Gasteiger partial charge < -0.3 is 10.6 Å². The fourth-order valence-corrected chi connectivity index (χ4v) is 1.91. The lowest BCUT2D eigenvalue weighted by molar-refractivity contribution is 0.287. The number of likely N-dealkylation sites (tertiary alicyclic amines) is 1. The van der Waals surface area contributed by atoms with E-state index in [1.807, 2.05) is 0 Å². The Kier molecular flexibility index (Phi) is 3.82. The highest BCUT2D eigenvalue weighted by Crippen LogP contribution is 2.33. The van der Waals surface area contributed by atoms with Crippen LogP contribution in [-0.4, -0.2) is 31.6 Å². The van der Waals surface area contributed by atoms with Gasteiger partial charge in [-0.15, -0.1) is 12.4 Å². The summed E-state index contributed by atoms with van der Waals surface area (Å²) >= 11 is 0. The number of hydrogen-bond donors (Lipinski definition) is 1. The number of halogens is 1. The second kappa shape index (κ2) is 3.74.